The van der Waals surface area contributed by atoms with Crippen LogP contribution in [0.5, 0.6) is 0 Å². The number of anilines is 1. The monoisotopic (exact) mass is 419 g/mol. The number of thioether (sulfide) groups is 1. The molecule has 1 aromatic heterocycles. The van der Waals surface area contributed by atoms with Crippen LogP contribution < -0.4 is 10.6 Å². The van der Waals surface area contributed by atoms with Gasteiger partial charge < -0.3 is 15.4 Å². The molecule has 1 fully saturated rings. The van der Waals surface area contributed by atoms with Gasteiger partial charge in [-0.2, -0.15) is 0 Å². The summed E-state index contributed by atoms with van der Waals surface area (Å²) < 4.78 is 5.46. The molecule has 0 bridgehead atoms. The van der Waals surface area contributed by atoms with Crippen LogP contribution in [0.15, 0.2) is 46.7 Å². The fourth-order valence-electron chi connectivity index (χ4n) is 3.03. The van der Waals surface area contributed by atoms with E-state index in [1.165, 1.54) is 23.6 Å². The molecule has 1 aliphatic heterocycles. The molecule has 6 nitrogen and oxygen atoms in total. The van der Waals surface area contributed by atoms with Gasteiger partial charge in [0.2, 0.25) is 11.8 Å². The number of ether oxygens (including phenoxy) is 1. The molecule has 2 N–H and O–H groups in total. The van der Waals surface area contributed by atoms with Crippen LogP contribution in [0.25, 0.3) is 0 Å². The number of hydrogen-bond donors (Lipinski definition) is 2. The second-order valence-corrected chi connectivity index (χ2v) is 8.51. The first kappa shape index (κ1) is 20.9. The Balaban J connectivity index is 1.48. The number of carbonyl (C=O) groups excluding carboxylic acids is 2. The minimum atomic E-state index is -0.0969. The highest BCUT2D eigenvalue weighted by Crippen LogP contribution is 2.25. The van der Waals surface area contributed by atoms with Gasteiger partial charge in [0.1, 0.15) is 0 Å². The normalized spacial score (nSPS) is 15.8. The third kappa shape index (κ3) is 6.34. The third-order valence-corrected chi connectivity index (χ3v) is 6.38. The zero-order valence-corrected chi connectivity index (χ0v) is 17.5. The summed E-state index contributed by atoms with van der Waals surface area (Å²) in [6, 6.07) is 11.9. The van der Waals surface area contributed by atoms with Crippen LogP contribution in [-0.2, 0) is 14.3 Å². The van der Waals surface area contributed by atoms with Crippen molar-refractivity contribution in [2.24, 2.45) is 0 Å². The van der Waals surface area contributed by atoms with Gasteiger partial charge in [-0.25, -0.2) is 0 Å². The lowest BCUT2D eigenvalue weighted by Gasteiger charge is -2.34. The van der Waals surface area contributed by atoms with Gasteiger partial charge in [-0.05, 0) is 35.7 Å². The van der Waals surface area contributed by atoms with Gasteiger partial charge in [0, 0.05) is 42.0 Å². The average Bonchev–Trinajstić information content (AvgIpc) is 3.22. The number of nitrogens with zero attached hydrogens (tertiary/aromatic N) is 1. The van der Waals surface area contributed by atoms with E-state index in [4.69, 9.17) is 4.74 Å². The number of nitrogens with one attached hydrogen (secondary N) is 2. The molecule has 2 heterocycles. The molecular formula is C20H25N3O3S2. The van der Waals surface area contributed by atoms with E-state index in [2.05, 4.69) is 33.0 Å². The summed E-state index contributed by atoms with van der Waals surface area (Å²) >= 11 is 3.21. The van der Waals surface area contributed by atoms with Gasteiger partial charge in [0.25, 0.3) is 0 Å². The largest absolute Gasteiger partial charge is 0.379 e. The Morgan fingerprint density at radius 3 is 2.61 bits per heavy atom. The molecule has 1 saturated heterocycles. The van der Waals surface area contributed by atoms with Crippen molar-refractivity contribution in [2.45, 2.75) is 17.9 Å². The van der Waals surface area contributed by atoms with Gasteiger partial charge in [0.15, 0.2) is 0 Å². The van der Waals surface area contributed by atoms with E-state index in [-0.39, 0.29) is 17.9 Å². The van der Waals surface area contributed by atoms with E-state index >= 15 is 0 Å². The van der Waals surface area contributed by atoms with Gasteiger partial charge >= 0.3 is 0 Å². The quantitative estimate of drug-likeness (QED) is 0.644. The van der Waals surface area contributed by atoms with E-state index in [9.17, 15) is 9.59 Å². The molecule has 1 aromatic carbocycles. The van der Waals surface area contributed by atoms with Crippen molar-refractivity contribution in [2.75, 3.05) is 43.9 Å². The van der Waals surface area contributed by atoms with Gasteiger partial charge in [-0.3, -0.25) is 14.5 Å². The minimum absolute atomic E-state index is 0.0192. The number of rotatable bonds is 8. The van der Waals surface area contributed by atoms with Gasteiger partial charge in [0.05, 0.1) is 25.0 Å². The summed E-state index contributed by atoms with van der Waals surface area (Å²) in [4.78, 5) is 28.1. The van der Waals surface area contributed by atoms with Crippen LogP contribution in [0.2, 0.25) is 0 Å². The second kappa shape index (κ2) is 10.6. The molecular weight excluding hydrogens is 394 g/mol. The highest BCUT2D eigenvalue weighted by atomic mass is 32.2. The lowest BCUT2D eigenvalue weighted by Crippen LogP contribution is -2.43. The number of carbonyl (C=O) groups is 2. The molecule has 0 aliphatic carbocycles. The average molecular weight is 420 g/mol. The van der Waals surface area contributed by atoms with Crippen molar-refractivity contribution in [1.29, 1.82) is 0 Å². The van der Waals surface area contributed by atoms with Gasteiger partial charge in [-0.1, -0.05) is 6.07 Å². The Morgan fingerprint density at radius 2 is 1.96 bits per heavy atom. The summed E-state index contributed by atoms with van der Waals surface area (Å²) in [7, 11) is 0. The molecule has 3 rings (SSSR count). The summed E-state index contributed by atoms with van der Waals surface area (Å²) in [6.07, 6.45) is 0. The molecule has 0 unspecified atom stereocenters. The van der Waals surface area contributed by atoms with Crippen molar-refractivity contribution in [1.82, 2.24) is 10.2 Å². The van der Waals surface area contributed by atoms with E-state index in [0.29, 0.717) is 12.3 Å². The predicted octanol–water partition coefficient (Wildman–Crippen LogP) is 2.99. The maximum absolute atomic E-state index is 12.4. The number of thiophene rings is 1. The van der Waals surface area contributed by atoms with Crippen LogP contribution in [0.1, 0.15) is 17.8 Å². The Kier molecular flexibility index (Phi) is 7.90. The minimum Gasteiger partial charge on any atom is -0.379 e. The lowest BCUT2D eigenvalue weighted by molar-refractivity contribution is -0.119. The van der Waals surface area contributed by atoms with E-state index < -0.39 is 0 Å². The van der Waals surface area contributed by atoms with Crippen LogP contribution in [0.3, 0.4) is 0 Å². The maximum Gasteiger partial charge on any atom is 0.230 e. The fourth-order valence-corrected chi connectivity index (χ4v) is 4.62. The van der Waals surface area contributed by atoms with Crippen LogP contribution in [0, 0.1) is 0 Å². The van der Waals surface area contributed by atoms with E-state index in [1.54, 1.807) is 11.3 Å². The zero-order chi connectivity index (χ0) is 19.8. The van der Waals surface area contributed by atoms with Crippen LogP contribution in [-0.4, -0.2) is 55.3 Å². The third-order valence-electron chi connectivity index (χ3n) is 4.40. The topological polar surface area (TPSA) is 70.7 Å². The first-order valence-corrected chi connectivity index (χ1v) is 11.1. The van der Waals surface area contributed by atoms with Crippen molar-refractivity contribution in [3.63, 3.8) is 0 Å². The molecule has 8 heteroatoms. The standard InChI is InChI=1S/C20H25N3O3S2/c1-15(24)22-16-4-6-17(7-5-16)28-14-20(25)21-13-18(19-3-2-12-27-19)23-8-10-26-11-9-23/h2-7,12,18H,8-11,13-14H2,1H3,(H,21,25)(H,22,24)/t18-/m1/s1. The van der Waals surface area contributed by atoms with Crippen molar-refractivity contribution in [3.05, 3.63) is 46.7 Å². The first-order valence-electron chi connectivity index (χ1n) is 9.24. The highest BCUT2D eigenvalue weighted by Gasteiger charge is 2.23. The lowest BCUT2D eigenvalue weighted by atomic mass is 10.2. The maximum atomic E-state index is 12.4. The fraction of sp³-hybridized carbons (Fsp3) is 0.400. The zero-order valence-electron chi connectivity index (χ0n) is 15.8. The number of morpholine rings is 1. The highest BCUT2D eigenvalue weighted by molar-refractivity contribution is 8.00. The SMILES string of the molecule is CC(=O)Nc1ccc(SCC(=O)NC[C@H](c2cccs2)N2CCOCC2)cc1. The van der Waals surface area contributed by atoms with Crippen LogP contribution >= 0.6 is 23.1 Å². The van der Waals surface area contributed by atoms with Gasteiger partial charge in [-0.15, -0.1) is 23.1 Å². The van der Waals surface area contributed by atoms with E-state index in [1.807, 2.05) is 24.3 Å². The Hall–Kier alpha value is -1.87. The molecule has 0 saturated carbocycles. The summed E-state index contributed by atoms with van der Waals surface area (Å²) in [6.45, 7) is 5.32. The van der Waals surface area contributed by atoms with E-state index in [0.717, 1.165) is 36.9 Å². The van der Waals surface area contributed by atoms with Crippen molar-refractivity contribution in [3.8, 4) is 0 Å². The molecule has 0 radical (unpaired) electrons. The molecule has 2 aromatic rings. The van der Waals surface area contributed by atoms with Crippen LogP contribution in [0.4, 0.5) is 5.69 Å². The molecule has 1 aliphatic rings. The number of benzene rings is 1. The molecule has 0 spiro atoms. The molecule has 28 heavy (non-hydrogen) atoms. The molecule has 1 atom stereocenters. The summed E-state index contributed by atoms with van der Waals surface area (Å²) in [5, 5.41) is 7.89. The second-order valence-electron chi connectivity index (χ2n) is 6.48. The first-order chi connectivity index (χ1) is 13.6. The number of hydrogen-bond acceptors (Lipinski definition) is 6. The van der Waals surface area contributed by atoms with Crippen molar-refractivity contribution < 1.29 is 14.3 Å². The molecule has 2 amide bonds. The van der Waals surface area contributed by atoms with Crippen molar-refractivity contribution >= 4 is 40.6 Å². The Morgan fingerprint density at radius 1 is 1.21 bits per heavy atom. The smallest absolute Gasteiger partial charge is 0.230 e. The summed E-state index contributed by atoms with van der Waals surface area (Å²) in [5.41, 5.74) is 0.755. The number of amides is 2. The predicted molar refractivity (Wildman–Crippen MR) is 114 cm³/mol. The Bertz CT molecular complexity index is 760. The summed E-state index contributed by atoms with van der Waals surface area (Å²) in [5.74, 6) is 0.283. The Labute approximate surface area is 173 Å². The molecule has 150 valence electrons.